The molecule has 2 aromatic rings. The number of aryl methyl sites for hydroxylation is 5. The predicted octanol–water partition coefficient (Wildman–Crippen LogP) is 1.99. The number of carbonyl (C=O) groups excluding carboxylic acids is 1. The lowest BCUT2D eigenvalue weighted by Gasteiger charge is -2.36. The molecule has 9 heteroatoms. The summed E-state index contributed by atoms with van der Waals surface area (Å²) < 4.78 is 28.9. The Hall–Kier alpha value is -2.23. The molecule has 0 saturated carbocycles. The van der Waals surface area contributed by atoms with Crippen LogP contribution in [0.1, 0.15) is 29.4 Å². The number of amides is 1. The van der Waals surface area contributed by atoms with Crippen LogP contribution in [0.25, 0.3) is 0 Å². The van der Waals surface area contributed by atoms with E-state index in [-0.39, 0.29) is 17.0 Å². The topological polar surface area (TPSA) is 87.5 Å². The minimum Gasteiger partial charge on any atom is -0.337 e. The number of piperazine rings is 1. The molecule has 0 bridgehead atoms. The van der Waals surface area contributed by atoms with E-state index in [1.807, 2.05) is 32.6 Å². The minimum absolute atomic E-state index is 0.0760. The molecule has 1 aliphatic heterocycles. The molecule has 1 fully saturated rings. The molecule has 3 rings (SSSR count). The van der Waals surface area contributed by atoms with Crippen molar-refractivity contribution in [3.05, 3.63) is 40.8 Å². The second kappa shape index (κ2) is 8.49. The number of nitrogens with zero attached hydrogens (tertiary/aromatic N) is 4. The van der Waals surface area contributed by atoms with Gasteiger partial charge in [0.15, 0.2) is 5.03 Å². The van der Waals surface area contributed by atoms with E-state index in [2.05, 4.69) is 22.4 Å². The Labute approximate surface area is 178 Å². The molecule has 1 aromatic carbocycles. The van der Waals surface area contributed by atoms with Crippen molar-refractivity contribution in [3.8, 4) is 0 Å². The highest BCUT2D eigenvalue weighted by Crippen LogP contribution is 2.23. The number of imidazole rings is 1. The molecular formula is C21H31N5O3S. The zero-order valence-corrected chi connectivity index (χ0v) is 19.4. The van der Waals surface area contributed by atoms with Crippen molar-refractivity contribution >= 4 is 21.6 Å². The Balaban J connectivity index is 1.64. The van der Waals surface area contributed by atoms with Gasteiger partial charge >= 0.3 is 0 Å². The number of anilines is 1. The van der Waals surface area contributed by atoms with E-state index in [1.54, 1.807) is 24.7 Å². The fourth-order valence-corrected chi connectivity index (χ4v) is 5.33. The molecular weight excluding hydrogens is 402 g/mol. The third-order valence-electron chi connectivity index (χ3n) is 5.82. The molecule has 0 spiro atoms. The maximum absolute atomic E-state index is 12.9. The molecule has 1 unspecified atom stereocenters. The Morgan fingerprint density at radius 3 is 2.13 bits per heavy atom. The largest absolute Gasteiger partial charge is 0.337 e. The number of hydrogen-bond acceptors (Lipinski definition) is 5. The van der Waals surface area contributed by atoms with Gasteiger partial charge in [-0.3, -0.25) is 9.69 Å². The van der Waals surface area contributed by atoms with Crippen LogP contribution in [0, 0.1) is 27.7 Å². The zero-order chi connectivity index (χ0) is 22.2. The highest BCUT2D eigenvalue weighted by atomic mass is 32.2. The van der Waals surface area contributed by atoms with Crippen LogP contribution in [0.5, 0.6) is 0 Å². The summed E-state index contributed by atoms with van der Waals surface area (Å²) in [5.74, 6) is 0.570. The molecule has 1 saturated heterocycles. The maximum atomic E-state index is 12.9. The van der Waals surface area contributed by atoms with Crippen LogP contribution in [0.2, 0.25) is 0 Å². The van der Waals surface area contributed by atoms with Crippen molar-refractivity contribution in [2.24, 2.45) is 7.05 Å². The maximum Gasteiger partial charge on any atom is 0.262 e. The molecule has 164 valence electrons. The molecule has 0 radical (unpaired) electrons. The first-order valence-electron chi connectivity index (χ1n) is 10.1. The zero-order valence-electron chi connectivity index (χ0n) is 18.6. The summed E-state index contributed by atoms with van der Waals surface area (Å²) in [6, 6.07) is 3.75. The van der Waals surface area contributed by atoms with Crippen LogP contribution in [0.4, 0.5) is 5.69 Å². The molecule has 0 aliphatic carbocycles. The van der Waals surface area contributed by atoms with Gasteiger partial charge in [0.1, 0.15) is 5.82 Å². The van der Waals surface area contributed by atoms with Crippen molar-refractivity contribution < 1.29 is 13.2 Å². The highest BCUT2D eigenvalue weighted by Gasteiger charge is 2.33. The summed E-state index contributed by atoms with van der Waals surface area (Å²) in [5.41, 5.74) is 4.09. The van der Waals surface area contributed by atoms with E-state index < -0.39 is 10.0 Å². The summed E-state index contributed by atoms with van der Waals surface area (Å²) in [6.45, 7) is 11.3. The van der Waals surface area contributed by atoms with Crippen molar-refractivity contribution in [1.29, 1.82) is 0 Å². The van der Waals surface area contributed by atoms with Gasteiger partial charge in [0, 0.05) is 45.1 Å². The first-order valence-corrected chi connectivity index (χ1v) is 11.6. The Morgan fingerprint density at radius 2 is 1.63 bits per heavy atom. The van der Waals surface area contributed by atoms with Crippen LogP contribution >= 0.6 is 0 Å². The molecule has 1 aliphatic rings. The first-order chi connectivity index (χ1) is 14.0. The van der Waals surface area contributed by atoms with Gasteiger partial charge in [-0.05, 0) is 45.7 Å². The lowest BCUT2D eigenvalue weighted by Crippen LogP contribution is -2.54. The summed E-state index contributed by atoms with van der Waals surface area (Å²) in [6.07, 6.45) is 1.54. The second-order valence-electron chi connectivity index (χ2n) is 8.12. The summed E-state index contributed by atoms with van der Waals surface area (Å²) in [7, 11) is -1.85. The number of carbonyl (C=O) groups is 1. The average molecular weight is 434 g/mol. The summed E-state index contributed by atoms with van der Waals surface area (Å²) in [4.78, 5) is 19.0. The fourth-order valence-electron chi connectivity index (χ4n) is 3.88. The number of nitrogens with one attached hydrogen (secondary N) is 1. The van der Waals surface area contributed by atoms with Crippen molar-refractivity contribution in [2.75, 3.05) is 31.5 Å². The van der Waals surface area contributed by atoms with Gasteiger partial charge in [-0.2, -0.15) is 4.31 Å². The Morgan fingerprint density at radius 1 is 1.07 bits per heavy atom. The van der Waals surface area contributed by atoms with Crippen LogP contribution < -0.4 is 5.32 Å². The van der Waals surface area contributed by atoms with Gasteiger partial charge in [-0.15, -0.1) is 0 Å². The predicted molar refractivity (Wildman–Crippen MR) is 117 cm³/mol. The van der Waals surface area contributed by atoms with Crippen molar-refractivity contribution in [3.63, 3.8) is 0 Å². The molecule has 1 aromatic heterocycles. The standard InChI is InChI=1S/C21H31N5O3S/c1-14-11-15(2)20(16(3)12-14)23-21(27)17(4)25-7-9-26(10-8-25)30(28,29)19-13-24(6)18(5)22-19/h11-13,17H,7-10H2,1-6H3,(H,23,27). The highest BCUT2D eigenvalue weighted by molar-refractivity contribution is 7.89. The van der Waals surface area contributed by atoms with Gasteiger partial charge in [0.25, 0.3) is 10.0 Å². The van der Waals surface area contributed by atoms with E-state index in [4.69, 9.17) is 0 Å². The molecule has 1 atom stereocenters. The van der Waals surface area contributed by atoms with Crippen LogP contribution in [-0.2, 0) is 21.9 Å². The van der Waals surface area contributed by atoms with Gasteiger partial charge in [0.05, 0.1) is 6.04 Å². The first kappa shape index (κ1) is 22.5. The van der Waals surface area contributed by atoms with Gasteiger partial charge in [-0.25, -0.2) is 13.4 Å². The van der Waals surface area contributed by atoms with Crippen molar-refractivity contribution in [2.45, 2.75) is 45.7 Å². The number of aromatic nitrogens is 2. The van der Waals surface area contributed by atoms with E-state index in [9.17, 15) is 13.2 Å². The smallest absolute Gasteiger partial charge is 0.262 e. The number of sulfonamides is 1. The van der Waals surface area contributed by atoms with Gasteiger partial charge in [-0.1, -0.05) is 17.7 Å². The van der Waals surface area contributed by atoms with Crippen LogP contribution in [0.3, 0.4) is 0 Å². The molecule has 8 nitrogen and oxygen atoms in total. The van der Waals surface area contributed by atoms with E-state index in [0.29, 0.717) is 32.0 Å². The number of rotatable bonds is 5. The third-order valence-corrected chi connectivity index (χ3v) is 7.59. The Bertz CT molecular complexity index is 1010. The SMILES string of the molecule is Cc1cc(C)c(NC(=O)C(C)N2CCN(S(=O)(=O)c3cn(C)c(C)n3)CC2)c(C)c1. The molecule has 30 heavy (non-hydrogen) atoms. The number of hydrogen-bond donors (Lipinski definition) is 1. The second-order valence-corrected chi connectivity index (χ2v) is 10.0. The van der Waals surface area contributed by atoms with E-state index in [1.165, 1.54) is 4.31 Å². The third kappa shape index (κ3) is 4.43. The lowest BCUT2D eigenvalue weighted by atomic mass is 10.0. The number of benzene rings is 1. The quantitative estimate of drug-likeness (QED) is 0.779. The van der Waals surface area contributed by atoms with Crippen LogP contribution in [0.15, 0.2) is 23.4 Å². The van der Waals surface area contributed by atoms with Gasteiger partial charge < -0.3 is 9.88 Å². The normalized spacial score (nSPS) is 17.1. The molecule has 1 amide bonds. The monoisotopic (exact) mass is 433 g/mol. The van der Waals surface area contributed by atoms with Crippen LogP contribution in [-0.4, -0.2) is 65.3 Å². The van der Waals surface area contributed by atoms with E-state index >= 15 is 0 Å². The molecule has 1 N–H and O–H groups in total. The van der Waals surface area contributed by atoms with Gasteiger partial charge in [0.2, 0.25) is 5.91 Å². The summed E-state index contributed by atoms with van der Waals surface area (Å²) >= 11 is 0. The average Bonchev–Trinajstić information content (AvgIpc) is 3.03. The fraction of sp³-hybridized carbons (Fsp3) is 0.524. The molecule has 2 heterocycles. The van der Waals surface area contributed by atoms with E-state index in [0.717, 1.165) is 22.4 Å². The summed E-state index contributed by atoms with van der Waals surface area (Å²) in [5, 5.41) is 3.13. The van der Waals surface area contributed by atoms with Crippen molar-refractivity contribution in [1.82, 2.24) is 18.8 Å². The Kier molecular flexibility index (Phi) is 6.35. The minimum atomic E-state index is -3.62. The lowest BCUT2D eigenvalue weighted by molar-refractivity contribution is -0.121.